The number of carbonyl (C=O) groups is 1. The lowest BCUT2D eigenvalue weighted by Crippen LogP contribution is -2.34. The molecule has 1 rings (SSSR count). The molecule has 0 aromatic rings. The molecule has 1 aliphatic rings. The third-order valence-corrected chi connectivity index (χ3v) is 3.93. The summed E-state index contributed by atoms with van der Waals surface area (Å²) in [6.45, 7) is 5.76. The highest BCUT2D eigenvalue weighted by Gasteiger charge is 2.31. The standard InChI is InChI=1S/C11H22N2OS/c1-3-13(10-4-5-10)11(14)8-15-9(2)6-7-12/h9-10H,3-8,12H2,1-2H3. The average molecular weight is 230 g/mol. The fraction of sp³-hybridized carbons (Fsp3) is 0.909. The van der Waals surface area contributed by atoms with Crippen LogP contribution >= 0.6 is 11.8 Å². The highest BCUT2D eigenvalue weighted by atomic mass is 32.2. The van der Waals surface area contributed by atoms with Gasteiger partial charge in [-0.05, 0) is 32.7 Å². The highest BCUT2D eigenvalue weighted by Crippen LogP contribution is 2.27. The Labute approximate surface area is 96.8 Å². The Morgan fingerprint density at radius 3 is 2.73 bits per heavy atom. The van der Waals surface area contributed by atoms with Crippen molar-refractivity contribution in [3.05, 3.63) is 0 Å². The van der Waals surface area contributed by atoms with Crippen molar-refractivity contribution in [2.75, 3.05) is 18.8 Å². The van der Waals surface area contributed by atoms with E-state index < -0.39 is 0 Å². The van der Waals surface area contributed by atoms with Crippen LogP contribution in [-0.2, 0) is 4.79 Å². The normalized spacial score (nSPS) is 17.5. The smallest absolute Gasteiger partial charge is 0.232 e. The molecule has 0 radical (unpaired) electrons. The molecule has 0 aromatic heterocycles. The number of rotatable bonds is 7. The van der Waals surface area contributed by atoms with Gasteiger partial charge >= 0.3 is 0 Å². The van der Waals surface area contributed by atoms with Gasteiger partial charge in [0.2, 0.25) is 5.91 Å². The molecule has 2 N–H and O–H groups in total. The predicted octanol–water partition coefficient (Wildman–Crippen LogP) is 1.47. The Hall–Kier alpha value is -0.220. The van der Waals surface area contributed by atoms with E-state index in [2.05, 4.69) is 13.8 Å². The van der Waals surface area contributed by atoms with Gasteiger partial charge in [-0.1, -0.05) is 6.92 Å². The average Bonchev–Trinajstić information content (AvgIpc) is 3.00. The molecule has 4 heteroatoms. The fourth-order valence-corrected chi connectivity index (χ4v) is 2.53. The Kier molecular flexibility index (Phi) is 5.47. The molecule has 88 valence electrons. The Morgan fingerprint density at radius 1 is 1.60 bits per heavy atom. The van der Waals surface area contributed by atoms with Gasteiger partial charge in [-0.25, -0.2) is 0 Å². The first-order valence-electron chi connectivity index (χ1n) is 5.80. The van der Waals surface area contributed by atoms with E-state index in [4.69, 9.17) is 5.73 Å². The highest BCUT2D eigenvalue weighted by molar-refractivity contribution is 8.00. The van der Waals surface area contributed by atoms with Crippen molar-refractivity contribution < 1.29 is 4.79 Å². The molecule has 0 spiro atoms. The number of thioether (sulfide) groups is 1. The van der Waals surface area contributed by atoms with Gasteiger partial charge in [0.25, 0.3) is 0 Å². The zero-order valence-electron chi connectivity index (χ0n) is 9.74. The van der Waals surface area contributed by atoms with E-state index in [1.165, 1.54) is 12.8 Å². The lowest BCUT2D eigenvalue weighted by molar-refractivity contribution is -0.128. The molecule has 1 amide bonds. The molecule has 3 nitrogen and oxygen atoms in total. The van der Waals surface area contributed by atoms with Crippen LogP contribution in [0.5, 0.6) is 0 Å². The van der Waals surface area contributed by atoms with Crippen LogP contribution < -0.4 is 5.73 Å². The molecular weight excluding hydrogens is 208 g/mol. The van der Waals surface area contributed by atoms with Crippen LogP contribution in [0, 0.1) is 0 Å². The topological polar surface area (TPSA) is 46.3 Å². The first-order chi connectivity index (χ1) is 7.19. The van der Waals surface area contributed by atoms with E-state index in [1.807, 2.05) is 4.90 Å². The van der Waals surface area contributed by atoms with Gasteiger partial charge in [0.05, 0.1) is 5.75 Å². The van der Waals surface area contributed by atoms with E-state index >= 15 is 0 Å². The number of carbonyl (C=O) groups excluding carboxylic acids is 1. The molecule has 1 fully saturated rings. The van der Waals surface area contributed by atoms with E-state index in [1.54, 1.807) is 11.8 Å². The van der Waals surface area contributed by atoms with Crippen molar-refractivity contribution in [3.8, 4) is 0 Å². The van der Waals surface area contributed by atoms with Gasteiger partial charge in [0.1, 0.15) is 0 Å². The molecule has 1 atom stereocenters. The maximum Gasteiger partial charge on any atom is 0.232 e. The second kappa shape index (κ2) is 6.38. The number of hydrogen-bond acceptors (Lipinski definition) is 3. The van der Waals surface area contributed by atoms with E-state index in [-0.39, 0.29) is 0 Å². The molecule has 0 bridgehead atoms. The van der Waals surface area contributed by atoms with Crippen molar-refractivity contribution >= 4 is 17.7 Å². The molecule has 1 aliphatic carbocycles. The van der Waals surface area contributed by atoms with Gasteiger partial charge in [-0.2, -0.15) is 0 Å². The Balaban J connectivity index is 2.21. The minimum atomic E-state index is 0.300. The second-order valence-corrected chi connectivity index (χ2v) is 5.54. The Morgan fingerprint density at radius 2 is 2.27 bits per heavy atom. The molecule has 0 aromatic carbocycles. The van der Waals surface area contributed by atoms with E-state index in [9.17, 15) is 4.79 Å². The fourth-order valence-electron chi connectivity index (χ4n) is 1.64. The minimum absolute atomic E-state index is 0.300. The van der Waals surface area contributed by atoms with Crippen LogP contribution in [-0.4, -0.2) is 40.9 Å². The first kappa shape index (κ1) is 12.8. The Bertz CT molecular complexity index is 207. The zero-order valence-corrected chi connectivity index (χ0v) is 10.6. The summed E-state index contributed by atoms with van der Waals surface area (Å²) in [5.74, 6) is 0.916. The molecule has 0 heterocycles. The van der Waals surface area contributed by atoms with Crippen molar-refractivity contribution in [2.24, 2.45) is 5.73 Å². The number of nitrogens with two attached hydrogens (primary N) is 1. The van der Waals surface area contributed by atoms with Gasteiger partial charge in [0.15, 0.2) is 0 Å². The van der Waals surface area contributed by atoms with Crippen LogP contribution in [0.3, 0.4) is 0 Å². The molecule has 0 saturated heterocycles. The maximum absolute atomic E-state index is 11.8. The summed E-state index contributed by atoms with van der Waals surface area (Å²) in [4.78, 5) is 13.9. The summed E-state index contributed by atoms with van der Waals surface area (Å²) < 4.78 is 0. The van der Waals surface area contributed by atoms with Crippen molar-refractivity contribution in [2.45, 2.75) is 44.4 Å². The molecule has 1 saturated carbocycles. The SMILES string of the molecule is CCN(C(=O)CSC(C)CCN)C1CC1. The van der Waals surface area contributed by atoms with Crippen LogP contribution in [0.1, 0.15) is 33.1 Å². The van der Waals surface area contributed by atoms with Crippen LogP contribution in [0.25, 0.3) is 0 Å². The molecular formula is C11H22N2OS. The second-order valence-electron chi connectivity index (χ2n) is 4.11. The molecule has 1 unspecified atom stereocenters. The largest absolute Gasteiger partial charge is 0.339 e. The van der Waals surface area contributed by atoms with E-state index in [0.717, 1.165) is 13.0 Å². The quantitative estimate of drug-likeness (QED) is 0.720. The number of nitrogens with zero attached hydrogens (tertiary/aromatic N) is 1. The third kappa shape index (κ3) is 4.43. The van der Waals surface area contributed by atoms with E-state index in [0.29, 0.717) is 29.5 Å². The lowest BCUT2D eigenvalue weighted by Gasteiger charge is -2.21. The van der Waals surface area contributed by atoms with Gasteiger partial charge < -0.3 is 10.6 Å². The van der Waals surface area contributed by atoms with Crippen molar-refractivity contribution in [1.82, 2.24) is 4.90 Å². The monoisotopic (exact) mass is 230 g/mol. The predicted molar refractivity (Wildman–Crippen MR) is 66.0 cm³/mol. The number of hydrogen-bond donors (Lipinski definition) is 1. The van der Waals surface area contributed by atoms with Crippen LogP contribution in [0.4, 0.5) is 0 Å². The molecule has 15 heavy (non-hydrogen) atoms. The van der Waals surface area contributed by atoms with Gasteiger partial charge in [0, 0.05) is 17.8 Å². The maximum atomic E-state index is 11.8. The zero-order chi connectivity index (χ0) is 11.3. The number of amides is 1. The summed E-state index contributed by atoms with van der Waals surface area (Å²) in [6, 6.07) is 0.549. The van der Waals surface area contributed by atoms with Crippen molar-refractivity contribution in [1.29, 1.82) is 0 Å². The van der Waals surface area contributed by atoms with Crippen LogP contribution in [0.2, 0.25) is 0 Å². The van der Waals surface area contributed by atoms with Gasteiger partial charge in [-0.3, -0.25) is 4.79 Å². The summed E-state index contributed by atoms with van der Waals surface area (Å²) in [5.41, 5.74) is 5.47. The van der Waals surface area contributed by atoms with Crippen LogP contribution in [0.15, 0.2) is 0 Å². The summed E-state index contributed by atoms with van der Waals surface area (Å²) in [5, 5.41) is 0.497. The lowest BCUT2D eigenvalue weighted by atomic mass is 10.3. The van der Waals surface area contributed by atoms with Crippen molar-refractivity contribution in [3.63, 3.8) is 0 Å². The molecule has 0 aliphatic heterocycles. The summed E-state index contributed by atoms with van der Waals surface area (Å²) >= 11 is 1.73. The third-order valence-electron chi connectivity index (χ3n) is 2.71. The van der Waals surface area contributed by atoms with Gasteiger partial charge in [-0.15, -0.1) is 11.8 Å². The minimum Gasteiger partial charge on any atom is -0.339 e. The summed E-state index contributed by atoms with van der Waals surface area (Å²) in [7, 11) is 0. The first-order valence-corrected chi connectivity index (χ1v) is 6.85. The summed E-state index contributed by atoms with van der Waals surface area (Å²) in [6.07, 6.45) is 3.39.